The Bertz CT molecular complexity index is 951. The van der Waals surface area contributed by atoms with Crippen molar-refractivity contribution in [3.63, 3.8) is 0 Å². The van der Waals surface area contributed by atoms with Gasteiger partial charge in [0.1, 0.15) is 0 Å². The Balaban J connectivity index is 1.95. The van der Waals surface area contributed by atoms with Gasteiger partial charge in [-0.3, -0.25) is 14.4 Å². The molecule has 1 aliphatic rings. The largest absolute Gasteiger partial charge is 0.481 e. The monoisotopic (exact) mass is 372 g/mol. The van der Waals surface area contributed by atoms with Crippen molar-refractivity contribution in [1.29, 1.82) is 0 Å². The highest BCUT2D eigenvalue weighted by Gasteiger charge is 2.48. The molecule has 7 heteroatoms. The first-order chi connectivity index (χ1) is 12.8. The van der Waals surface area contributed by atoms with E-state index in [1.807, 2.05) is 6.92 Å². The number of aryl methyl sites for hydroxylation is 1. The zero-order chi connectivity index (χ0) is 19.8. The second-order valence-corrected chi connectivity index (χ2v) is 7.20. The number of carbonyl (C=O) groups excluding carboxylic acids is 1. The minimum atomic E-state index is -1.22. The van der Waals surface area contributed by atoms with Crippen LogP contribution in [0.1, 0.15) is 36.5 Å². The van der Waals surface area contributed by atoms with E-state index in [1.54, 1.807) is 31.3 Å². The van der Waals surface area contributed by atoms with E-state index in [0.717, 1.165) is 0 Å². The van der Waals surface area contributed by atoms with Gasteiger partial charge in [0.2, 0.25) is 0 Å². The van der Waals surface area contributed by atoms with E-state index < -0.39 is 17.5 Å². The number of aliphatic carboxylic acids is 1. The summed E-state index contributed by atoms with van der Waals surface area (Å²) in [7, 11) is 1.65. The van der Waals surface area contributed by atoms with Crippen LogP contribution >= 0.6 is 0 Å². The number of carbonyl (C=O) groups is 2. The molecule has 27 heavy (non-hydrogen) atoms. The maximum absolute atomic E-state index is 13.1. The number of amides is 1. The van der Waals surface area contributed by atoms with Gasteiger partial charge in [0.05, 0.1) is 22.6 Å². The SMILES string of the molecule is CCC[C@]1(C(=O)O)CCN(C(=O)c2cc(=O)n(C)c3ccccc23)C[C@@H]1O. The average molecular weight is 372 g/mol. The summed E-state index contributed by atoms with van der Waals surface area (Å²) in [6.07, 6.45) is 0.0357. The van der Waals surface area contributed by atoms with E-state index in [2.05, 4.69) is 0 Å². The molecule has 1 amide bonds. The molecule has 1 aromatic heterocycles. The van der Waals surface area contributed by atoms with Gasteiger partial charge in [-0.05, 0) is 18.9 Å². The number of para-hydroxylation sites is 1. The third-order valence-corrected chi connectivity index (χ3v) is 5.65. The Kier molecular flexibility index (Phi) is 5.06. The summed E-state index contributed by atoms with van der Waals surface area (Å²) in [5.41, 5.74) is -0.586. The van der Waals surface area contributed by atoms with E-state index in [0.29, 0.717) is 23.7 Å². The number of likely N-dealkylation sites (tertiary alicyclic amines) is 1. The number of carboxylic acid groups (broad SMARTS) is 1. The van der Waals surface area contributed by atoms with E-state index in [-0.39, 0.29) is 36.5 Å². The van der Waals surface area contributed by atoms with Crippen molar-refractivity contribution in [2.24, 2.45) is 12.5 Å². The Hall–Kier alpha value is -2.67. The molecule has 0 radical (unpaired) electrons. The summed E-state index contributed by atoms with van der Waals surface area (Å²) >= 11 is 0. The number of pyridine rings is 1. The number of benzene rings is 1. The molecule has 1 saturated heterocycles. The lowest BCUT2D eigenvalue weighted by Crippen LogP contribution is -2.56. The predicted molar refractivity (Wildman–Crippen MR) is 101 cm³/mol. The van der Waals surface area contributed by atoms with Gasteiger partial charge in [-0.15, -0.1) is 0 Å². The van der Waals surface area contributed by atoms with E-state index in [1.165, 1.54) is 15.5 Å². The van der Waals surface area contributed by atoms with Gasteiger partial charge in [0, 0.05) is 31.6 Å². The van der Waals surface area contributed by atoms with Crippen LogP contribution in [-0.4, -0.2) is 50.8 Å². The third kappa shape index (κ3) is 3.12. The number of aliphatic hydroxyl groups is 1. The summed E-state index contributed by atoms with van der Waals surface area (Å²) in [4.78, 5) is 38.5. The van der Waals surface area contributed by atoms with Crippen LogP contribution in [-0.2, 0) is 11.8 Å². The summed E-state index contributed by atoms with van der Waals surface area (Å²) in [5, 5.41) is 20.8. The maximum Gasteiger partial charge on any atom is 0.312 e. The summed E-state index contributed by atoms with van der Waals surface area (Å²) < 4.78 is 1.48. The molecule has 1 fully saturated rings. The van der Waals surface area contributed by atoms with Crippen LogP contribution in [0.15, 0.2) is 35.1 Å². The molecule has 2 aromatic rings. The number of β-amino-alcohol motifs (C(OH)–C–C–N with tert-alkyl or cyclic N) is 1. The molecule has 0 aliphatic carbocycles. The summed E-state index contributed by atoms with van der Waals surface area (Å²) in [6.45, 7) is 2.04. The normalized spacial score (nSPS) is 22.8. The van der Waals surface area contributed by atoms with E-state index in [9.17, 15) is 24.6 Å². The molecule has 2 N–H and O–H groups in total. The number of hydrogen-bond donors (Lipinski definition) is 2. The van der Waals surface area contributed by atoms with Gasteiger partial charge in [-0.2, -0.15) is 0 Å². The number of nitrogens with zero attached hydrogens (tertiary/aromatic N) is 2. The van der Waals surface area contributed by atoms with E-state index >= 15 is 0 Å². The van der Waals surface area contributed by atoms with Crippen LogP contribution in [0.5, 0.6) is 0 Å². The van der Waals surface area contributed by atoms with Crippen molar-refractivity contribution >= 4 is 22.8 Å². The molecule has 0 spiro atoms. The molecular formula is C20H24N2O5. The fraction of sp³-hybridized carbons (Fsp3) is 0.450. The third-order valence-electron chi connectivity index (χ3n) is 5.65. The standard InChI is InChI=1S/C20H24N2O5/c1-3-8-20(19(26)27)9-10-22(12-16(20)23)18(25)14-11-17(24)21(2)15-7-5-4-6-13(14)15/h4-7,11,16,23H,3,8-10,12H2,1-2H3,(H,26,27)/t16-,20-/m0/s1. The first-order valence-electron chi connectivity index (χ1n) is 9.11. The van der Waals surface area contributed by atoms with Gasteiger partial charge in [-0.1, -0.05) is 31.5 Å². The lowest BCUT2D eigenvalue weighted by molar-refractivity contribution is -0.162. The first kappa shape index (κ1) is 19.1. The van der Waals surface area contributed by atoms with Crippen molar-refractivity contribution in [2.45, 2.75) is 32.3 Å². The summed E-state index contributed by atoms with van der Waals surface area (Å²) in [5.74, 6) is -1.39. The molecule has 3 rings (SSSR count). The van der Waals surface area contributed by atoms with Crippen LogP contribution in [0.25, 0.3) is 10.9 Å². The van der Waals surface area contributed by atoms with Crippen LogP contribution in [0.2, 0.25) is 0 Å². The quantitative estimate of drug-likeness (QED) is 0.849. The van der Waals surface area contributed by atoms with Crippen LogP contribution in [0.4, 0.5) is 0 Å². The van der Waals surface area contributed by atoms with Crippen molar-refractivity contribution in [3.8, 4) is 0 Å². The highest BCUT2D eigenvalue weighted by molar-refractivity contribution is 6.06. The van der Waals surface area contributed by atoms with Gasteiger partial charge in [0.15, 0.2) is 0 Å². The molecule has 144 valence electrons. The smallest absolute Gasteiger partial charge is 0.312 e. The fourth-order valence-electron chi connectivity index (χ4n) is 4.01. The minimum Gasteiger partial charge on any atom is -0.481 e. The molecule has 0 saturated carbocycles. The fourth-order valence-corrected chi connectivity index (χ4v) is 4.01. The molecule has 1 aliphatic heterocycles. The second kappa shape index (κ2) is 7.15. The van der Waals surface area contributed by atoms with Crippen molar-refractivity contribution in [2.75, 3.05) is 13.1 Å². The predicted octanol–water partition coefficient (Wildman–Crippen LogP) is 1.62. The van der Waals surface area contributed by atoms with Gasteiger partial charge in [-0.25, -0.2) is 0 Å². The Morgan fingerprint density at radius 3 is 2.63 bits per heavy atom. The van der Waals surface area contributed by atoms with Crippen LogP contribution in [0.3, 0.4) is 0 Å². The lowest BCUT2D eigenvalue weighted by Gasteiger charge is -2.42. The zero-order valence-electron chi connectivity index (χ0n) is 15.5. The zero-order valence-corrected chi connectivity index (χ0v) is 15.5. The molecule has 1 aromatic carbocycles. The number of aliphatic hydroxyl groups excluding tert-OH is 1. The topological polar surface area (TPSA) is 99.8 Å². The molecule has 2 heterocycles. The second-order valence-electron chi connectivity index (χ2n) is 7.20. The van der Waals surface area contributed by atoms with Crippen molar-refractivity contribution < 1.29 is 19.8 Å². The average Bonchev–Trinajstić information content (AvgIpc) is 2.65. The summed E-state index contributed by atoms with van der Waals surface area (Å²) in [6, 6.07) is 8.45. The number of carboxylic acids is 1. The van der Waals surface area contributed by atoms with Crippen molar-refractivity contribution in [1.82, 2.24) is 9.47 Å². The molecular weight excluding hydrogens is 348 g/mol. The Morgan fingerprint density at radius 2 is 2.00 bits per heavy atom. The minimum absolute atomic E-state index is 0.0608. The number of aromatic nitrogens is 1. The maximum atomic E-state index is 13.1. The molecule has 0 bridgehead atoms. The van der Waals surface area contributed by atoms with Crippen molar-refractivity contribution in [3.05, 3.63) is 46.2 Å². The van der Waals surface area contributed by atoms with Gasteiger partial charge in [0.25, 0.3) is 11.5 Å². The highest BCUT2D eigenvalue weighted by atomic mass is 16.4. The van der Waals surface area contributed by atoms with Crippen LogP contribution < -0.4 is 5.56 Å². The van der Waals surface area contributed by atoms with Gasteiger partial charge < -0.3 is 19.7 Å². The Morgan fingerprint density at radius 1 is 1.30 bits per heavy atom. The first-order valence-corrected chi connectivity index (χ1v) is 9.11. The van der Waals surface area contributed by atoms with E-state index in [4.69, 9.17) is 0 Å². The number of fused-ring (bicyclic) bond motifs is 1. The highest BCUT2D eigenvalue weighted by Crippen LogP contribution is 2.37. The molecule has 0 unspecified atom stereocenters. The molecule has 7 nitrogen and oxygen atoms in total. The van der Waals surface area contributed by atoms with Crippen LogP contribution in [0, 0.1) is 5.41 Å². The lowest BCUT2D eigenvalue weighted by atomic mass is 9.72. The number of piperidine rings is 1. The van der Waals surface area contributed by atoms with Gasteiger partial charge >= 0.3 is 5.97 Å². The Labute approximate surface area is 156 Å². The molecule has 2 atom stereocenters. The number of hydrogen-bond acceptors (Lipinski definition) is 4. The number of rotatable bonds is 4.